The Kier molecular flexibility index (Phi) is 9.43. The number of carbonyl (C=O) groups excluding carboxylic acids is 3. The second kappa shape index (κ2) is 12.9. The molecule has 3 N–H and O–H groups in total. The Balaban J connectivity index is 1.42. The monoisotopic (exact) mass is 484 g/mol. The molecular weight excluding hydrogens is 456 g/mol. The lowest BCUT2D eigenvalue weighted by atomic mass is 10.2. The van der Waals surface area contributed by atoms with Gasteiger partial charge in [0.05, 0.1) is 32.2 Å². The van der Waals surface area contributed by atoms with Crippen LogP contribution in [0.15, 0.2) is 47.6 Å². The molecule has 0 bridgehead atoms. The summed E-state index contributed by atoms with van der Waals surface area (Å²) in [6.45, 7) is 1.11. The van der Waals surface area contributed by atoms with Crippen molar-refractivity contribution in [3.05, 3.63) is 48.0 Å². The van der Waals surface area contributed by atoms with Gasteiger partial charge >= 0.3 is 11.8 Å². The average molecular weight is 485 g/mol. The van der Waals surface area contributed by atoms with Crippen LogP contribution in [0.3, 0.4) is 0 Å². The van der Waals surface area contributed by atoms with E-state index in [1.54, 1.807) is 36.4 Å². The number of hydrogen-bond donors (Lipinski definition) is 3. The van der Waals surface area contributed by atoms with Crippen molar-refractivity contribution in [1.82, 2.24) is 10.7 Å². The van der Waals surface area contributed by atoms with Crippen LogP contribution in [0.4, 0.5) is 5.69 Å². The second-order valence-corrected chi connectivity index (χ2v) is 7.52. The zero-order valence-corrected chi connectivity index (χ0v) is 19.5. The molecule has 1 aliphatic heterocycles. The number of hydrazone groups is 1. The third-order valence-electron chi connectivity index (χ3n) is 5.04. The van der Waals surface area contributed by atoms with E-state index in [1.807, 2.05) is 0 Å². The highest BCUT2D eigenvalue weighted by Crippen LogP contribution is 2.28. The molecule has 11 heteroatoms. The maximum atomic E-state index is 12.2. The first-order valence-corrected chi connectivity index (χ1v) is 11.0. The Hall–Kier alpha value is -4.12. The number of hydrogen-bond acceptors (Lipinski definition) is 8. The normalized spacial score (nSPS) is 14.9. The highest BCUT2D eigenvalue weighted by Gasteiger charge is 2.17. The van der Waals surface area contributed by atoms with Gasteiger partial charge in [0.15, 0.2) is 6.61 Å². The minimum atomic E-state index is -0.958. The quantitative estimate of drug-likeness (QED) is 0.264. The zero-order chi connectivity index (χ0) is 25.0. The molecule has 3 rings (SSSR count). The summed E-state index contributed by atoms with van der Waals surface area (Å²) in [6, 6.07) is 11.5. The lowest BCUT2D eigenvalue weighted by Gasteiger charge is -2.11. The fourth-order valence-corrected chi connectivity index (χ4v) is 3.19. The summed E-state index contributed by atoms with van der Waals surface area (Å²) in [5.74, 6) is -0.733. The average Bonchev–Trinajstić information content (AvgIpc) is 3.40. The van der Waals surface area contributed by atoms with Crippen molar-refractivity contribution in [2.45, 2.75) is 18.9 Å². The van der Waals surface area contributed by atoms with Crippen LogP contribution in [0.1, 0.15) is 18.4 Å². The van der Waals surface area contributed by atoms with Crippen LogP contribution in [0, 0.1) is 0 Å². The molecule has 0 aliphatic carbocycles. The van der Waals surface area contributed by atoms with Gasteiger partial charge in [-0.3, -0.25) is 14.4 Å². The summed E-state index contributed by atoms with van der Waals surface area (Å²) >= 11 is 0. The molecule has 0 spiro atoms. The number of nitrogens with one attached hydrogen (secondary N) is 3. The molecule has 186 valence electrons. The molecule has 11 nitrogen and oxygen atoms in total. The molecule has 0 radical (unpaired) electrons. The van der Waals surface area contributed by atoms with Crippen molar-refractivity contribution in [2.75, 3.05) is 39.3 Å². The standard InChI is InChI=1S/C24H28N4O7/c1-32-18-9-10-21(33-2)20(12-18)27-23(30)24(31)28-26-13-16-5-7-17(8-6-16)35-15-22(29)25-14-19-4-3-11-34-19/h5-10,12-13,19H,3-4,11,14-15H2,1-2H3,(H,25,29)(H,27,30)(H,28,31)/b26-13-/t19-/m1/s1. The van der Waals surface area contributed by atoms with E-state index >= 15 is 0 Å². The molecular formula is C24H28N4O7. The number of ether oxygens (including phenoxy) is 4. The highest BCUT2D eigenvalue weighted by molar-refractivity contribution is 6.39. The third kappa shape index (κ3) is 8.00. The van der Waals surface area contributed by atoms with Gasteiger partial charge in [-0.25, -0.2) is 5.43 Å². The van der Waals surface area contributed by atoms with E-state index in [1.165, 1.54) is 26.5 Å². The fraction of sp³-hybridized carbons (Fsp3) is 0.333. The smallest absolute Gasteiger partial charge is 0.329 e. The summed E-state index contributed by atoms with van der Waals surface area (Å²) in [5.41, 5.74) is 3.09. The maximum absolute atomic E-state index is 12.2. The van der Waals surface area contributed by atoms with Crippen molar-refractivity contribution in [3.63, 3.8) is 0 Å². The van der Waals surface area contributed by atoms with E-state index in [0.717, 1.165) is 19.4 Å². The SMILES string of the molecule is COc1ccc(OC)c(NC(=O)C(=O)N/N=C\c2ccc(OCC(=O)NC[C@H]3CCCO3)cc2)c1. The zero-order valence-electron chi connectivity index (χ0n) is 19.5. The fourth-order valence-electron chi connectivity index (χ4n) is 3.19. The number of amides is 3. The maximum Gasteiger partial charge on any atom is 0.329 e. The van der Waals surface area contributed by atoms with E-state index in [0.29, 0.717) is 29.4 Å². The molecule has 0 saturated carbocycles. The number of nitrogens with zero attached hydrogens (tertiary/aromatic N) is 1. The van der Waals surface area contributed by atoms with Gasteiger partial charge in [0.2, 0.25) is 0 Å². The van der Waals surface area contributed by atoms with Crippen LogP contribution in [0.5, 0.6) is 17.2 Å². The van der Waals surface area contributed by atoms with Gasteiger partial charge in [-0.1, -0.05) is 0 Å². The summed E-state index contributed by atoms with van der Waals surface area (Å²) < 4.78 is 21.2. The molecule has 0 aromatic heterocycles. The lowest BCUT2D eigenvalue weighted by Crippen LogP contribution is -2.35. The highest BCUT2D eigenvalue weighted by atomic mass is 16.5. The number of anilines is 1. The summed E-state index contributed by atoms with van der Waals surface area (Å²) in [5, 5.41) is 9.03. The Labute approximate surface area is 202 Å². The van der Waals surface area contributed by atoms with Crippen LogP contribution in [0.2, 0.25) is 0 Å². The van der Waals surface area contributed by atoms with Gasteiger partial charge in [0.1, 0.15) is 17.2 Å². The summed E-state index contributed by atoms with van der Waals surface area (Å²) in [6.07, 6.45) is 3.41. The molecule has 1 fully saturated rings. The number of carbonyl (C=O) groups is 3. The van der Waals surface area contributed by atoms with E-state index in [2.05, 4.69) is 21.2 Å². The van der Waals surface area contributed by atoms with Crippen LogP contribution in [0.25, 0.3) is 0 Å². The van der Waals surface area contributed by atoms with Crippen molar-refractivity contribution in [1.29, 1.82) is 0 Å². The van der Waals surface area contributed by atoms with Crippen LogP contribution in [-0.4, -0.2) is 64.0 Å². The number of benzene rings is 2. The van der Waals surface area contributed by atoms with Crippen molar-refractivity contribution >= 4 is 29.6 Å². The minimum Gasteiger partial charge on any atom is -0.497 e. The predicted molar refractivity (Wildman–Crippen MR) is 128 cm³/mol. The van der Waals surface area contributed by atoms with Gasteiger partial charge in [0.25, 0.3) is 5.91 Å². The number of rotatable bonds is 10. The Morgan fingerprint density at radius 1 is 1.06 bits per heavy atom. The van der Waals surface area contributed by atoms with Crippen molar-refractivity contribution < 1.29 is 33.3 Å². The first-order chi connectivity index (χ1) is 17.0. The second-order valence-electron chi connectivity index (χ2n) is 7.52. The molecule has 2 aromatic carbocycles. The van der Waals surface area contributed by atoms with E-state index in [4.69, 9.17) is 18.9 Å². The molecule has 3 amide bonds. The Morgan fingerprint density at radius 2 is 1.83 bits per heavy atom. The molecule has 2 aromatic rings. The molecule has 1 atom stereocenters. The van der Waals surface area contributed by atoms with Crippen molar-refractivity contribution in [2.24, 2.45) is 5.10 Å². The predicted octanol–water partition coefficient (Wildman–Crippen LogP) is 1.47. The summed E-state index contributed by atoms with van der Waals surface area (Å²) in [7, 11) is 2.93. The minimum absolute atomic E-state index is 0.0776. The van der Waals surface area contributed by atoms with Gasteiger partial charge in [-0.15, -0.1) is 0 Å². The lowest BCUT2D eigenvalue weighted by molar-refractivity contribution is -0.136. The number of methoxy groups -OCH3 is 2. The van der Waals surface area contributed by atoms with Gasteiger partial charge in [-0.05, 0) is 54.8 Å². The first kappa shape index (κ1) is 25.5. The van der Waals surface area contributed by atoms with E-state index < -0.39 is 11.8 Å². The molecule has 1 heterocycles. The largest absolute Gasteiger partial charge is 0.497 e. The van der Waals surface area contributed by atoms with Crippen LogP contribution >= 0.6 is 0 Å². The van der Waals surface area contributed by atoms with E-state index in [-0.39, 0.29) is 24.3 Å². The Morgan fingerprint density at radius 3 is 2.51 bits per heavy atom. The third-order valence-corrected chi connectivity index (χ3v) is 5.04. The molecule has 1 saturated heterocycles. The van der Waals surface area contributed by atoms with Crippen LogP contribution in [-0.2, 0) is 19.1 Å². The first-order valence-electron chi connectivity index (χ1n) is 11.0. The van der Waals surface area contributed by atoms with Gasteiger partial charge < -0.3 is 29.6 Å². The van der Waals surface area contributed by atoms with Crippen molar-refractivity contribution in [3.8, 4) is 17.2 Å². The van der Waals surface area contributed by atoms with E-state index in [9.17, 15) is 14.4 Å². The van der Waals surface area contributed by atoms with Gasteiger partial charge in [0, 0.05) is 19.2 Å². The molecule has 35 heavy (non-hydrogen) atoms. The summed E-state index contributed by atoms with van der Waals surface area (Å²) in [4.78, 5) is 36.1. The van der Waals surface area contributed by atoms with Crippen LogP contribution < -0.4 is 30.3 Å². The topological polar surface area (TPSA) is 137 Å². The Bertz CT molecular complexity index is 1050. The molecule has 0 unspecified atom stereocenters. The molecule has 1 aliphatic rings. The van der Waals surface area contributed by atoms with Gasteiger partial charge in [-0.2, -0.15) is 5.10 Å².